The average molecular weight is 550 g/mol. The fourth-order valence-corrected chi connectivity index (χ4v) is 5.07. The molecule has 0 unspecified atom stereocenters. The molecule has 5 N–H and O–H groups in total. The predicted molar refractivity (Wildman–Crippen MR) is 166 cm³/mol. The van der Waals surface area contributed by atoms with Gasteiger partial charge in [0.15, 0.2) is 0 Å². The van der Waals surface area contributed by atoms with E-state index in [1.165, 1.54) is 5.57 Å². The van der Waals surface area contributed by atoms with E-state index in [2.05, 4.69) is 42.6 Å². The maximum absolute atomic E-state index is 12.9. The molecule has 0 atom stereocenters. The highest BCUT2D eigenvalue weighted by atomic mass is 16.1. The van der Waals surface area contributed by atoms with Crippen LogP contribution in [0, 0.1) is 0 Å². The van der Waals surface area contributed by atoms with Crippen molar-refractivity contribution in [2.45, 2.75) is 12.8 Å². The number of hydrogen-bond donors (Lipinski definition) is 4. The van der Waals surface area contributed by atoms with Gasteiger partial charge in [-0.1, -0.05) is 35.9 Å². The number of nitrogens with zero attached hydrogens (tertiary/aromatic N) is 3. The summed E-state index contributed by atoms with van der Waals surface area (Å²) in [5.74, 6) is -0.165. The maximum atomic E-state index is 12.9. The smallest absolute Gasteiger partial charge is 0.255 e. The molecule has 8 heteroatoms. The van der Waals surface area contributed by atoms with Crippen molar-refractivity contribution < 1.29 is 4.79 Å². The number of carbonyl (C=O) groups is 1. The molecule has 7 rings (SSSR count). The lowest BCUT2D eigenvalue weighted by atomic mass is 10.0. The fraction of sp³-hybridized carbons (Fsp3) is 0.0588. The van der Waals surface area contributed by atoms with Gasteiger partial charge in [-0.2, -0.15) is 5.10 Å². The van der Waals surface area contributed by atoms with Gasteiger partial charge in [-0.15, -0.1) is 0 Å². The first-order valence-electron chi connectivity index (χ1n) is 13.7. The first-order chi connectivity index (χ1) is 20.7. The third-order valence-electron chi connectivity index (χ3n) is 7.35. The highest BCUT2D eigenvalue weighted by molar-refractivity contribution is 6.01. The van der Waals surface area contributed by atoms with Crippen LogP contribution >= 0.6 is 0 Å². The summed E-state index contributed by atoms with van der Waals surface area (Å²) in [6, 6.07) is 21.3. The molecule has 0 saturated heterocycles. The Morgan fingerprint density at radius 3 is 2.55 bits per heavy atom. The number of aromatic nitrogens is 5. The summed E-state index contributed by atoms with van der Waals surface area (Å²) in [6.07, 6.45) is 14.9. The topological polar surface area (TPSA) is 125 Å². The van der Waals surface area contributed by atoms with Crippen LogP contribution in [0.2, 0.25) is 0 Å². The molecule has 4 heterocycles. The lowest BCUT2D eigenvalue weighted by molar-refractivity contribution is 0.0967. The van der Waals surface area contributed by atoms with Gasteiger partial charge in [0.1, 0.15) is 5.69 Å². The molecule has 1 saturated carbocycles. The van der Waals surface area contributed by atoms with Gasteiger partial charge in [0.25, 0.3) is 5.91 Å². The molecule has 1 fully saturated rings. The van der Waals surface area contributed by atoms with E-state index in [1.54, 1.807) is 24.5 Å². The molecule has 1 amide bonds. The Morgan fingerprint density at radius 2 is 1.76 bits per heavy atom. The van der Waals surface area contributed by atoms with Gasteiger partial charge in [0.05, 0.1) is 22.9 Å². The summed E-state index contributed by atoms with van der Waals surface area (Å²) >= 11 is 0. The number of hydrogen-bond acceptors (Lipinski definition) is 5. The lowest BCUT2D eigenvalue weighted by Crippen LogP contribution is -2.22. The Labute approximate surface area is 241 Å². The summed E-state index contributed by atoms with van der Waals surface area (Å²) in [7, 11) is 0. The SMILES string of the molecule is N/C=C(\C=C(/C=C1CC1)NC(=O)c1ccccc1)c1ccc2[nH]nc(-c3cc4c(-c5cccnc5)cncc4[nH]3)c2c1. The summed E-state index contributed by atoms with van der Waals surface area (Å²) in [6.45, 7) is 0. The number of nitrogens with one attached hydrogen (secondary N) is 3. The average Bonchev–Trinajstić information content (AvgIpc) is 3.58. The van der Waals surface area contributed by atoms with E-state index in [-0.39, 0.29) is 5.91 Å². The number of pyridine rings is 2. The van der Waals surface area contributed by atoms with E-state index in [0.717, 1.165) is 68.3 Å². The molecule has 6 aromatic rings. The molecule has 0 radical (unpaired) electrons. The van der Waals surface area contributed by atoms with Crippen molar-refractivity contribution in [2.24, 2.45) is 5.73 Å². The largest absolute Gasteiger partial charge is 0.404 e. The first kappa shape index (κ1) is 25.2. The van der Waals surface area contributed by atoms with Crippen LogP contribution in [0.5, 0.6) is 0 Å². The molecule has 204 valence electrons. The van der Waals surface area contributed by atoms with Gasteiger partial charge in [-0.25, -0.2) is 0 Å². The quantitative estimate of drug-likeness (QED) is 0.169. The minimum absolute atomic E-state index is 0.165. The fourth-order valence-electron chi connectivity index (χ4n) is 5.07. The van der Waals surface area contributed by atoms with Crippen molar-refractivity contribution >= 4 is 33.3 Å². The minimum Gasteiger partial charge on any atom is -0.404 e. The van der Waals surface area contributed by atoms with Gasteiger partial charge < -0.3 is 16.0 Å². The number of carbonyl (C=O) groups excluding carboxylic acids is 1. The maximum Gasteiger partial charge on any atom is 0.255 e. The van der Waals surface area contributed by atoms with Gasteiger partial charge in [-0.3, -0.25) is 19.9 Å². The third-order valence-corrected chi connectivity index (χ3v) is 7.35. The molecular formula is C34H27N7O. The Balaban J connectivity index is 1.25. The van der Waals surface area contributed by atoms with E-state index >= 15 is 0 Å². The second kappa shape index (κ2) is 10.7. The van der Waals surface area contributed by atoms with E-state index in [4.69, 9.17) is 5.73 Å². The summed E-state index contributed by atoms with van der Waals surface area (Å²) in [5, 5.41) is 12.8. The van der Waals surface area contributed by atoms with Crippen molar-refractivity contribution in [3.05, 3.63) is 132 Å². The van der Waals surface area contributed by atoms with Gasteiger partial charge in [-0.05, 0) is 72.5 Å². The van der Waals surface area contributed by atoms with Crippen molar-refractivity contribution in [1.29, 1.82) is 0 Å². The predicted octanol–water partition coefficient (Wildman–Crippen LogP) is 6.50. The van der Waals surface area contributed by atoms with E-state index in [9.17, 15) is 4.79 Å². The minimum atomic E-state index is -0.165. The number of allylic oxidation sites excluding steroid dienone is 4. The van der Waals surface area contributed by atoms with Crippen LogP contribution in [0.25, 0.3) is 49.9 Å². The monoisotopic (exact) mass is 549 g/mol. The van der Waals surface area contributed by atoms with Crippen LogP contribution < -0.4 is 11.1 Å². The Bertz CT molecular complexity index is 2030. The van der Waals surface area contributed by atoms with Crippen molar-refractivity contribution in [2.75, 3.05) is 0 Å². The highest BCUT2D eigenvalue weighted by Crippen LogP contribution is 2.34. The number of amides is 1. The molecule has 1 aliphatic rings. The van der Waals surface area contributed by atoms with Crippen LogP contribution in [-0.4, -0.2) is 31.1 Å². The molecular weight excluding hydrogens is 522 g/mol. The van der Waals surface area contributed by atoms with E-state index in [1.807, 2.05) is 73.2 Å². The zero-order valence-corrected chi connectivity index (χ0v) is 22.6. The molecule has 8 nitrogen and oxygen atoms in total. The van der Waals surface area contributed by atoms with Crippen LogP contribution in [0.15, 0.2) is 121 Å². The number of benzene rings is 2. The molecule has 4 aromatic heterocycles. The second-order valence-electron chi connectivity index (χ2n) is 10.3. The second-order valence-corrected chi connectivity index (χ2v) is 10.3. The number of rotatable bonds is 7. The molecule has 1 aliphatic carbocycles. The van der Waals surface area contributed by atoms with E-state index < -0.39 is 0 Å². The first-order valence-corrected chi connectivity index (χ1v) is 13.7. The molecule has 2 aromatic carbocycles. The van der Waals surface area contributed by atoms with Gasteiger partial charge >= 0.3 is 0 Å². The summed E-state index contributed by atoms with van der Waals surface area (Å²) in [4.78, 5) is 25.1. The Hall–Kier alpha value is -5.76. The zero-order valence-electron chi connectivity index (χ0n) is 22.6. The van der Waals surface area contributed by atoms with Crippen LogP contribution in [0.4, 0.5) is 0 Å². The molecule has 42 heavy (non-hydrogen) atoms. The number of H-pyrrole nitrogens is 2. The van der Waals surface area contributed by atoms with Crippen molar-refractivity contribution in [1.82, 2.24) is 30.5 Å². The normalized spacial score (nSPS) is 13.5. The molecule has 0 spiro atoms. The molecule has 0 bridgehead atoms. The molecule has 0 aliphatic heterocycles. The van der Waals surface area contributed by atoms with E-state index in [0.29, 0.717) is 11.3 Å². The van der Waals surface area contributed by atoms with Gasteiger partial charge in [0, 0.05) is 58.0 Å². The zero-order chi connectivity index (χ0) is 28.5. The lowest BCUT2D eigenvalue weighted by Gasteiger charge is -2.09. The third kappa shape index (κ3) is 4.97. The standard InChI is InChI=1S/C34H27N7O/c35-17-25(14-26(13-21-8-9-21)38-34(42)22-5-2-1-3-6-22)23-10-11-30-28(15-23)33(41-40-30)31-16-27-29(19-37-20-32(27)39-31)24-7-4-12-36-18-24/h1-7,10-20,39H,8-9,35H2,(H,38,42)(H,40,41)/b25-17+,26-14+. The summed E-state index contributed by atoms with van der Waals surface area (Å²) < 4.78 is 0. The number of nitrogens with two attached hydrogens (primary N) is 1. The number of aromatic amines is 2. The summed E-state index contributed by atoms with van der Waals surface area (Å²) in [5.41, 5.74) is 15.9. The number of fused-ring (bicyclic) bond motifs is 2. The highest BCUT2D eigenvalue weighted by Gasteiger charge is 2.17. The van der Waals surface area contributed by atoms with Crippen molar-refractivity contribution in [3.8, 4) is 22.5 Å². The van der Waals surface area contributed by atoms with Crippen molar-refractivity contribution in [3.63, 3.8) is 0 Å². The van der Waals surface area contributed by atoms with Crippen LogP contribution in [0.1, 0.15) is 28.8 Å². The Kier molecular flexibility index (Phi) is 6.41. The van der Waals surface area contributed by atoms with Gasteiger partial charge in [0.2, 0.25) is 0 Å². The Morgan fingerprint density at radius 1 is 0.881 bits per heavy atom. The van der Waals surface area contributed by atoms with Crippen LogP contribution in [-0.2, 0) is 0 Å². The van der Waals surface area contributed by atoms with Crippen LogP contribution in [0.3, 0.4) is 0 Å².